The SMILES string of the molecule is CC1CC(C(=O)O)C(C(=O)NCc2ncn(C)n2)C1. The van der Waals surface area contributed by atoms with Crippen LogP contribution >= 0.6 is 0 Å². The highest BCUT2D eigenvalue weighted by molar-refractivity contribution is 5.85. The van der Waals surface area contributed by atoms with E-state index in [2.05, 4.69) is 15.4 Å². The second kappa shape index (κ2) is 5.38. The summed E-state index contributed by atoms with van der Waals surface area (Å²) in [5, 5.41) is 15.9. The van der Waals surface area contributed by atoms with Crippen LogP contribution in [0.4, 0.5) is 0 Å². The summed E-state index contributed by atoms with van der Waals surface area (Å²) >= 11 is 0. The molecule has 1 aromatic rings. The Kier molecular flexibility index (Phi) is 3.82. The van der Waals surface area contributed by atoms with Gasteiger partial charge in [-0.15, -0.1) is 0 Å². The van der Waals surface area contributed by atoms with E-state index in [1.54, 1.807) is 18.1 Å². The number of nitrogens with zero attached hydrogens (tertiary/aromatic N) is 3. The summed E-state index contributed by atoms with van der Waals surface area (Å²) in [6.45, 7) is 2.21. The molecule has 3 atom stereocenters. The smallest absolute Gasteiger partial charge is 0.307 e. The van der Waals surface area contributed by atoms with E-state index in [0.717, 1.165) is 0 Å². The highest BCUT2D eigenvalue weighted by Crippen LogP contribution is 2.36. The van der Waals surface area contributed by atoms with Gasteiger partial charge in [0.1, 0.15) is 6.33 Å². The first-order valence-electron chi connectivity index (χ1n) is 6.32. The number of hydrogen-bond acceptors (Lipinski definition) is 4. The van der Waals surface area contributed by atoms with Gasteiger partial charge in [0.25, 0.3) is 0 Å². The fourth-order valence-corrected chi connectivity index (χ4v) is 2.62. The third-order valence-corrected chi connectivity index (χ3v) is 3.52. The summed E-state index contributed by atoms with van der Waals surface area (Å²) in [7, 11) is 1.75. The number of aliphatic carboxylic acids is 1. The van der Waals surface area contributed by atoms with E-state index in [9.17, 15) is 9.59 Å². The topological polar surface area (TPSA) is 97.1 Å². The first-order valence-corrected chi connectivity index (χ1v) is 6.32. The largest absolute Gasteiger partial charge is 0.481 e. The highest BCUT2D eigenvalue weighted by atomic mass is 16.4. The van der Waals surface area contributed by atoms with Gasteiger partial charge in [-0.3, -0.25) is 14.3 Å². The molecule has 7 nitrogen and oxygen atoms in total. The van der Waals surface area contributed by atoms with Gasteiger partial charge in [0.05, 0.1) is 18.4 Å². The molecule has 0 radical (unpaired) electrons. The molecule has 19 heavy (non-hydrogen) atoms. The van der Waals surface area contributed by atoms with Crippen LogP contribution in [-0.4, -0.2) is 31.7 Å². The molecular formula is C12H18N4O3. The van der Waals surface area contributed by atoms with Gasteiger partial charge in [-0.1, -0.05) is 6.92 Å². The molecule has 0 bridgehead atoms. The predicted octanol–water partition coefficient (Wildman–Crippen LogP) is 0.178. The van der Waals surface area contributed by atoms with Crippen molar-refractivity contribution in [2.75, 3.05) is 0 Å². The van der Waals surface area contributed by atoms with Crippen molar-refractivity contribution in [2.24, 2.45) is 24.8 Å². The zero-order chi connectivity index (χ0) is 14.0. The third-order valence-electron chi connectivity index (χ3n) is 3.52. The fraction of sp³-hybridized carbons (Fsp3) is 0.667. The first kappa shape index (κ1) is 13.5. The lowest BCUT2D eigenvalue weighted by Gasteiger charge is -2.14. The molecule has 1 saturated carbocycles. The van der Waals surface area contributed by atoms with Crippen molar-refractivity contribution < 1.29 is 14.7 Å². The summed E-state index contributed by atoms with van der Waals surface area (Å²) in [4.78, 5) is 27.2. The van der Waals surface area contributed by atoms with Crippen LogP contribution in [0.1, 0.15) is 25.6 Å². The fourth-order valence-electron chi connectivity index (χ4n) is 2.62. The van der Waals surface area contributed by atoms with Crippen LogP contribution in [0.5, 0.6) is 0 Å². The van der Waals surface area contributed by atoms with Gasteiger partial charge in [0.2, 0.25) is 5.91 Å². The number of amides is 1. The Hall–Kier alpha value is -1.92. The maximum atomic E-state index is 12.0. The van der Waals surface area contributed by atoms with E-state index in [-0.39, 0.29) is 18.4 Å². The van der Waals surface area contributed by atoms with Gasteiger partial charge in [-0.25, -0.2) is 4.98 Å². The maximum absolute atomic E-state index is 12.0. The van der Waals surface area contributed by atoms with E-state index in [4.69, 9.17) is 5.11 Å². The quantitative estimate of drug-likeness (QED) is 0.810. The second-order valence-electron chi connectivity index (χ2n) is 5.18. The molecule has 3 unspecified atom stereocenters. The Morgan fingerprint density at radius 2 is 2.16 bits per heavy atom. The minimum absolute atomic E-state index is 0.218. The Morgan fingerprint density at radius 3 is 2.74 bits per heavy atom. The number of carbonyl (C=O) groups excluding carboxylic acids is 1. The lowest BCUT2D eigenvalue weighted by atomic mass is 9.95. The molecule has 2 N–H and O–H groups in total. The monoisotopic (exact) mass is 266 g/mol. The van der Waals surface area contributed by atoms with Crippen LogP contribution < -0.4 is 5.32 Å². The van der Waals surface area contributed by atoms with Gasteiger partial charge >= 0.3 is 5.97 Å². The third kappa shape index (κ3) is 3.10. The van der Waals surface area contributed by atoms with E-state index < -0.39 is 17.8 Å². The normalized spacial score (nSPS) is 26.3. The molecule has 7 heteroatoms. The molecule has 1 amide bonds. The van der Waals surface area contributed by atoms with Crippen LogP contribution in [0.2, 0.25) is 0 Å². The minimum Gasteiger partial charge on any atom is -0.481 e. The maximum Gasteiger partial charge on any atom is 0.307 e. The Balaban J connectivity index is 1.93. The molecule has 2 rings (SSSR count). The molecule has 0 aromatic carbocycles. The summed E-state index contributed by atoms with van der Waals surface area (Å²) < 4.78 is 1.55. The second-order valence-corrected chi connectivity index (χ2v) is 5.18. The van der Waals surface area contributed by atoms with Gasteiger partial charge in [-0.2, -0.15) is 5.10 Å². The van der Waals surface area contributed by atoms with Crippen LogP contribution in [0, 0.1) is 17.8 Å². The average Bonchev–Trinajstić information content (AvgIpc) is 2.92. The summed E-state index contributed by atoms with van der Waals surface area (Å²) in [6, 6.07) is 0. The number of hydrogen-bond donors (Lipinski definition) is 2. The number of carboxylic acids is 1. The zero-order valence-corrected chi connectivity index (χ0v) is 11.0. The standard InChI is InChI=1S/C12H18N4O3/c1-7-3-8(9(4-7)12(18)19)11(17)13-5-10-14-6-16(2)15-10/h6-9H,3-5H2,1-2H3,(H,13,17)(H,18,19). The van der Waals surface area contributed by atoms with Crippen molar-refractivity contribution in [1.29, 1.82) is 0 Å². The van der Waals surface area contributed by atoms with Crippen molar-refractivity contribution in [2.45, 2.75) is 26.3 Å². The van der Waals surface area contributed by atoms with Crippen molar-refractivity contribution in [3.05, 3.63) is 12.2 Å². The summed E-state index contributed by atoms with van der Waals surface area (Å²) in [5.41, 5.74) is 0. The lowest BCUT2D eigenvalue weighted by molar-refractivity contribution is -0.146. The van der Waals surface area contributed by atoms with Gasteiger partial charge in [0, 0.05) is 7.05 Å². The molecule has 0 aliphatic heterocycles. The van der Waals surface area contributed by atoms with Crippen LogP contribution in [0.25, 0.3) is 0 Å². The van der Waals surface area contributed by atoms with Crippen LogP contribution in [0.15, 0.2) is 6.33 Å². The van der Waals surface area contributed by atoms with Crippen molar-refractivity contribution >= 4 is 11.9 Å². The number of carbonyl (C=O) groups is 2. The number of aryl methyl sites for hydroxylation is 1. The molecular weight excluding hydrogens is 248 g/mol. The summed E-state index contributed by atoms with van der Waals surface area (Å²) in [6.07, 6.45) is 2.74. The highest BCUT2D eigenvalue weighted by Gasteiger charge is 2.41. The van der Waals surface area contributed by atoms with Crippen LogP contribution in [0.3, 0.4) is 0 Å². The molecule has 1 fully saturated rings. The van der Waals surface area contributed by atoms with E-state index in [1.165, 1.54) is 0 Å². The Morgan fingerprint density at radius 1 is 1.47 bits per heavy atom. The Bertz CT molecular complexity index is 485. The van der Waals surface area contributed by atoms with Crippen molar-refractivity contribution in [1.82, 2.24) is 20.1 Å². The van der Waals surface area contributed by atoms with Crippen molar-refractivity contribution in [3.63, 3.8) is 0 Å². The first-order chi connectivity index (χ1) is 8.97. The number of aromatic nitrogens is 3. The zero-order valence-electron chi connectivity index (χ0n) is 11.0. The van der Waals surface area contributed by atoms with Gasteiger partial charge < -0.3 is 10.4 Å². The van der Waals surface area contributed by atoms with E-state index in [0.29, 0.717) is 18.7 Å². The average molecular weight is 266 g/mol. The number of nitrogens with one attached hydrogen (secondary N) is 1. The molecule has 1 aromatic heterocycles. The molecule has 104 valence electrons. The van der Waals surface area contributed by atoms with E-state index >= 15 is 0 Å². The molecule has 1 aliphatic rings. The van der Waals surface area contributed by atoms with Crippen molar-refractivity contribution in [3.8, 4) is 0 Å². The Labute approximate surface area is 111 Å². The lowest BCUT2D eigenvalue weighted by Crippen LogP contribution is -2.35. The minimum atomic E-state index is -0.888. The number of carboxylic acid groups (broad SMARTS) is 1. The predicted molar refractivity (Wildman–Crippen MR) is 65.9 cm³/mol. The van der Waals surface area contributed by atoms with E-state index in [1.807, 2.05) is 6.92 Å². The molecule has 1 aliphatic carbocycles. The van der Waals surface area contributed by atoms with Gasteiger partial charge in [-0.05, 0) is 18.8 Å². The number of rotatable bonds is 4. The summed E-state index contributed by atoms with van der Waals surface area (Å²) in [5.74, 6) is -1.34. The van der Waals surface area contributed by atoms with Crippen LogP contribution in [-0.2, 0) is 23.2 Å². The molecule has 0 spiro atoms. The molecule has 0 saturated heterocycles. The van der Waals surface area contributed by atoms with Gasteiger partial charge in [0.15, 0.2) is 5.82 Å². The molecule has 1 heterocycles.